The van der Waals surface area contributed by atoms with Gasteiger partial charge in [-0.25, -0.2) is 0 Å². The first-order valence-electron chi connectivity index (χ1n) is 10.9. The van der Waals surface area contributed by atoms with E-state index in [2.05, 4.69) is 20.8 Å². The van der Waals surface area contributed by atoms with Gasteiger partial charge in [-0.15, -0.1) is 0 Å². The van der Waals surface area contributed by atoms with Gasteiger partial charge in [-0.05, 0) is 36.0 Å². The second-order valence-corrected chi connectivity index (χ2v) is 9.51. The Morgan fingerprint density at radius 3 is 1.76 bits per heavy atom. The summed E-state index contributed by atoms with van der Waals surface area (Å²) in [5, 5.41) is 0. The van der Waals surface area contributed by atoms with Gasteiger partial charge >= 0.3 is 26.5 Å². The summed E-state index contributed by atoms with van der Waals surface area (Å²) in [5.74, 6) is 0.249. The van der Waals surface area contributed by atoms with Gasteiger partial charge in [-0.2, -0.15) is 8.42 Å². The van der Waals surface area contributed by atoms with Gasteiger partial charge in [0.1, 0.15) is 0 Å². The third-order valence-corrected chi connectivity index (χ3v) is 6.04. The molecule has 0 amide bonds. The van der Waals surface area contributed by atoms with Gasteiger partial charge < -0.3 is 0 Å². The Morgan fingerprint density at radius 1 is 0.897 bits per heavy atom. The summed E-state index contributed by atoms with van der Waals surface area (Å²) in [5.41, 5.74) is 1.84. The number of rotatable bonds is 14. The third kappa shape index (κ3) is 13.5. The molecule has 29 heavy (non-hydrogen) atoms. The molecule has 0 aliphatic rings. The van der Waals surface area contributed by atoms with Crippen molar-refractivity contribution < 1.29 is 39.5 Å². The Bertz CT molecular complexity index is 659. The van der Waals surface area contributed by atoms with E-state index in [9.17, 15) is 13.0 Å². The summed E-state index contributed by atoms with van der Waals surface area (Å²) in [4.78, 5) is 0.0933. The fourth-order valence-corrected chi connectivity index (χ4v) is 4.38. The second-order valence-electron chi connectivity index (χ2n) is 7.83. The predicted molar refractivity (Wildman–Crippen MR) is 113 cm³/mol. The van der Waals surface area contributed by atoms with Crippen LogP contribution in [0.4, 0.5) is 0 Å². The molecule has 167 valence electrons. The van der Waals surface area contributed by atoms with Crippen LogP contribution in [0, 0.1) is 0 Å². The number of unbranched alkanes of at least 4 members (excludes halogenated alkanes) is 10. The quantitative estimate of drug-likeness (QED) is 0.194. The molecule has 0 fully saturated rings. The van der Waals surface area contributed by atoms with Crippen molar-refractivity contribution in [2.24, 2.45) is 0 Å². The van der Waals surface area contributed by atoms with E-state index in [1.54, 1.807) is 6.07 Å². The van der Waals surface area contributed by atoms with Crippen molar-refractivity contribution in [1.29, 1.82) is 0 Å². The number of benzene rings is 1. The summed E-state index contributed by atoms with van der Waals surface area (Å²) in [6, 6.07) is 5.23. The zero-order valence-electron chi connectivity index (χ0n) is 18.3. The van der Waals surface area contributed by atoms with Crippen molar-refractivity contribution in [3.05, 3.63) is 29.3 Å². The molecule has 0 aliphatic carbocycles. The molecule has 0 bridgehead atoms. The molecule has 2 N–H and O–H groups in total. The zero-order valence-corrected chi connectivity index (χ0v) is 20.7. The van der Waals surface area contributed by atoms with Gasteiger partial charge in [0, 0.05) is 0 Å². The van der Waals surface area contributed by atoms with Gasteiger partial charge in [0.15, 0.2) is 0 Å². The van der Waals surface area contributed by atoms with Crippen molar-refractivity contribution in [3.8, 4) is 0 Å². The van der Waals surface area contributed by atoms with Crippen molar-refractivity contribution in [3.63, 3.8) is 0 Å². The fraction of sp³-hybridized carbons (Fsp3) is 0.727. The summed E-state index contributed by atoms with van der Waals surface area (Å²) >= 11 is -1.75. The monoisotopic (exact) mass is 463 g/mol. The Kier molecular flexibility index (Phi) is 17.1. The van der Waals surface area contributed by atoms with Crippen LogP contribution in [0.1, 0.15) is 108 Å². The summed E-state index contributed by atoms with van der Waals surface area (Å²) in [6.45, 7) is 6.37. The van der Waals surface area contributed by atoms with E-state index < -0.39 is 29.6 Å². The number of hydrogen-bond acceptors (Lipinski definition) is 3. The molecule has 1 rings (SSSR count). The standard InChI is InChI=1S/C22H38O3S.H2O.O.Ti/c1-4-5-6-7-8-9-10-11-12-13-14-16-21-20(19(2)3)17-15-18-22(21)26(23,24)25;;;/h15,17-19H,4-14,16H2,1-3H3,(H,23,24,25);1H2;;/q;;;+1/p-1. The summed E-state index contributed by atoms with van der Waals surface area (Å²) in [7, 11) is -4.15. The Hall–Kier alpha value is -0.396. The van der Waals surface area contributed by atoms with Crippen molar-refractivity contribution in [2.75, 3.05) is 0 Å². The van der Waals surface area contributed by atoms with Crippen LogP contribution in [-0.4, -0.2) is 16.7 Å². The van der Waals surface area contributed by atoms with E-state index >= 15 is 0 Å². The molecule has 1 aromatic carbocycles. The van der Waals surface area contributed by atoms with Crippen LogP contribution >= 0.6 is 0 Å². The van der Waals surface area contributed by atoms with E-state index in [1.807, 2.05) is 6.07 Å². The molecule has 0 radical (unpaired) electrons. The molecular formula is C22H39O5STi. The van der Waals surface area contributed by atoms with Crippen LogP contribution in [0.3, 0.4) is 0 Å². The van der Waals surface area contributed by atoms with Crippen LogP contribution in [0.25, 0.3) is 0 Å². The van der Waals surface area contributed by atoms with E-state index in [0.717, 1.165) is 30.4 Å². The molecule has 1 aromatic rings. The van der Waals surface area contributed by atoms with Crippen molar-refractivity contribution in [1.82, 2.24) is 0 Å². The van der Waals surface area contributed by atoms with Gasteiger partial charge in [0.25, 0.3) is 10.1 Å². The molecule has 0 spiro atoms. The van der Waals surface area contributed by atoms with Crippen LogP contribution in [0.15, 0.2) is 23.1 Å². The Morgan fingerprint density at radius 2 is 1.34 bits per heavy atom. The molecule has 0 unspecified atom stereocenters. The first-order valence-corrected chi connectivity index (χ1v) is 13.7. The van der Waals surface area contributed by atoms with Crippen LogP contribution in [-0.2, 0) is 39.4 Å². The minimum absolute atomic E-state index is 0.0933. The normalized spacial score (nSPS) is 11.1. The first kappa shape index (κ1) is 28.6. The zero-order chi connectivity index (χ0) is 22.1. The van der Waals surface area contributed by atoms with Crippen LogP contribution < -0.4 is 0 Å². The minimum atomic E-state index is -4.15. The molecule has 0 saturated heterocycles. The maximum atomic E-state index is 11.7. The molecule has 0 aliphatic heterocycles. The molecule has 0 heterocycles. The summed E-state index contributed by atoms with van der Waals surface area (Å²) in [6.07, 6.45) is 14.7. The molecular weight excluding hydrogens is 424 g/mol. The third-order valence-electron chi connectivity index (χ3n) is 5.10. The van der Waals surface area contributed by atoms with E-state index in [1.165, 1.54) is 63.9 Å². The average molecular weight is 463 g/mol. The fourth-order valence-electron chi connectivity index (χ4n) is 3.60. The van der Waals surface area contributed by atoms with E-state index in [4.69, 9.17) is 7.01 Å². The Labute approximate surface area is 187 Å². The van der Waals surface area contributed by atoms with Gasteiger partial charge in [-0.3, -0.25) is 4.55 Å². The predicted octanol–water partition coefficient (Wildman–Crippen LogP) is 6.23. The van der Waals surface area contributed by atoms with Gasteiger partial charge in [0.2, 0.25) is 0 Å². The second kappa shape index (κ2) is 17.3. The number of hydrogen-bond donors (Lipinski definition) is 2. The van der Waals surface area contributed by atoms with Gasteiger partial charge in [0.05, 0.1) is 4.90 Å². The van der Waals surface area contributed by atoms with Crippen LogP contribution in [0.2, 0.25) is 0 Å². The van der Waals surface area contributed by atoms with E-state index in [-0.39, 0.29) is 10.8 Å². The topological polar surface area (TPSA) is 91.7 Å². The molecule has 7 heteroatoms. The van der Waals surface area contributed by atoms with Crippen LogP contribution in [0.5, 0.6) is 0 Å². The summed E-state index contributed by atoms with van der Waals surface area (Å²) < 4.78 is 48.6. The van der Waals surface area contributed by atoms with E-state index in [0.29, 0.717) is 0 Å². The Balaban J connectivity index is 0.00000245. The first-order chi connectivity index (χ1) is 13.8. The average Bonchev–Trinajstić information content (AvgIpc) is 2.65. The molecule has 0 saturated carbocycles. The van der Waals surface area contributed by atoms with Crippen molar-refractivity contribution in [2.45, 2.75) is 109 Å². The SMILES string of the molecule is CCCCCCCCCCCCCc1c(C(C)C)cccc1S(=O)(=O)O.[O]=[Ti][OH]. The maximum absolute atomic E-state index is 11.7. The molecule has 0 atom stereocenters. The van der Waals surface area contributed by atoms with Gasteiger partial charge in [-0.1, -0.05) is 97.1 Å². The molecule has 5 nitrogen and oxygen atoms in total. The molecule has 0 aromatic heterocycles. The van der Waals surface area contributed by atoms with Crippen molar-refractivity contribution >= 4 is 10.1 Å².